The van der Waals surface area contributed by atoms with Crippen molar-refractivity contribution in [3.63, 3.8) is 0 Å². The highest BCUT2D eigenvalue weighted by Gasteiger charge is 2.35. The fourth-order valence-corrected chi connectivity index (χ4v) is 1.92. The SMILES string of the molecule is CCC1COC(C2NC(CC)CO2)N1. The van der Waals surface area contributed by atoms with Gasteiger partial charge in [-0.2, -0.15) is 0 Å². The summed E-state index contributed by atoms with van der Waals surface area (Å²) in [6.07, 6.45) is 2.30. The second-order valence-electron chi connectivity index (χ2n) is 4.05. The molecule has 2 aliphatic heterocycles. The van der Waals surface area contributed by atoms with E-state index in [0.29, 0.717) is 12.1 Å². The molecule has 4 atom stereocenters. The first-order chi connectivity index (χ1) is 6.83. The Morgan fingerprint density at radius 2 is 1.36 bits per heavy atom. The van der Waals surface area contributed by atoms with Gasteiger partial charge in [-0.25, -0.2) is 0 Å². The van der Waals surface area contributed by atoms with Gasteiger partial charge >= 0.3 is 0 Å². The minimum absolute atomic E-state index is 0.0384. The second-order valence-corrected chi connectivity index (χ2v) is 4.05. The fourth-order valence-electron chi connectivity index (χ4n) is 1.92. The van der Waals surface area contributed by atoms with Gasteiger partial charge in [-0.1, -0.05) is 13.8 Å². The summed E-state index contributed by atoms with van der Waals surface area (Å²) in [5.41, 5.74) is 0. The molecule has 82 valence electrons. The second kappa shape index (κ2) is 4.57. The largest absolute Gasteiger partial charge is 0.357 e. The fraction of sp³-hybridized carbons (Fsp3) is 1.00. The Labute approximate surface area is 85.3 Å². The lowest BCUT2D eigenvalue weighted by Crippen LogP contribution is -2.46. The van der Waals surface area contributed by atoms with E-state index in [-0.39, 0.29) is 12.5 Å². The van der Waals surface area contributed by atoms with Crippen LogP contribution in [0.25, 0.3) is 0 Å². The van der Waals surface area contributed by atoms with Crippen molar-refractivity contribution in [2.24, 2.45) is 0 Å². The quantitative estimate of drug-likeness (QED) is 0.693. The summed E-state index contributed by atoms with van der Waals surface area (Å²) in [6, 6.07) is 0.983. The van der Waals surface area contributed by atoms with E-state index < -0.39 is 0 Å². The third kappa shape index (κ3) is 2.08. The van der Waals surface area contributed by atoms with Gasteiger partial charge in [0.1, 0.15) is 12.5 Å². The predicted octanol–water partition coefficient (Wildman–Crippen LogP) is 0.435. The number of hydrogen-bond acceptors (Lipinski definition) is 4. The first-order valence-corrected chi connectivity index (χ1v) is 5.58. The molecule has 2 aliphatic rings. The van der Waals surface area contributed by atoms with Gasteiger partial charge in [-0.05, 0) is 12.8 Å². The van der Waals surface area contributed by atoms with Gasteiger partial charge in [0.25, 0.3) is 0 Å². The lowest BCUT2D eigenvalue weighted by molar-refractivity contribution is -0.0344. The molecule has 0 aromatic carbocycles. The van der Waals surface area contributed by atoms with Crippen LogP contribution in [0, 0.1) is 0 Å². The lowest BCUT2D eigenvalue weighted by atomic mass is 10.2. The van der Waals surface area contributed by atoms with E-state index in [0.717, 1.165) is 26.1 Å². The Morgan fingerprint density at radius 3 is 1.64 bits per heavy atom. The molecule has 0 aromatic heterocycles. The minimum atomic E-state index is 0.0384. The van der Waals surface area contributed by atoms with Gasteiger partial charge in [0.05, 0.1) is 13.2 Å². The molecule has 0 amide bonds. The molecule has 2 rings (SSSR count). The van der Waals surface area contributed by atoms with Crippen molar-refractivity contribution in [3.8, 4) is 0 Å². The van der Waals surface area contributed by atoms with E-state index in [4.69, 9.17) is 9.47 Å². The maximum atomic E-state index is 5.63. The molecule has 4 unspecified atom stereocenters. The Morgan fingerprint density at radius 1 is 0.929 bits per heavy atom. The van der Waals surface area contributed by atoms with Crippen LogP contribution >= 0.6 is 0 Å². The van der Waals surface area contributed by atoms with Gasteiger partial charge in [-0.3, -0.25) is 10.6 Å². The highest BCUT2D eigenvalue weighted by atomic mass is 16.6. The summed E-state index contributed by atoms with van der Waals surface area (Å²) in [7, 11) is 0. The molecule has 2 N–H and O–H groups in total. The molecule has 0 radical (unpaired) electrons. The van der Waals surface area contributed by atoms with E-state index in [1.807, 2.05) is 0 Å². The monoisotopic (exact) mass is 200 g/mol. The van der Waals surface area contributed by atoms with E-state index in [1.54, 1.807) is 0 Å². The molecule has 0 spiro atoms. The van der Waals surface area contributed by atoms with Gasteiger partial charge in [0.15, 0.2) is 0 Å². The van der Waals surface area contributed by atoms with Crippen molar-refractivity contribution in [1.82, 2.24) is 10.6 Å². The highest BCUT2D eigenvalue weighted by molar-refractivity contribution is 4.84. The van der Waals surface area contributed by atoms with Crippen LogP contribution in [0.15, 0.2) is 0 Å². The summed E-state index contributed by atoms with van der Waals surface area (Å²) in [6.45, 7) is 5.95. The Bertz CT molecular complexity index is 169. The summed E-state index contributed by atoms with van der Waals surface area (Å²) >= 11 is 0. The van der Waals surface area contributed by atoms with Crippen LogP contribution in [-0.4, -0.2) is 37.8 Å². The van der Waals surface area contributed by atoms with Crippen molar-refractivity contribution in [3.05, 3.63) is 0 Å². The van der Waals surface area contributed by atoms with Gasteiger partial charge in [-0.15, -0.1) is 0 Å². The Balaban J connectivity index is 1.80. The third-order valence-electron chi connectivity index (χ3n) is 3.01. The van der Waals surface area contributed by atoms with Crippen molar-refractivity contribution >= 4 is 0 Å². The molecule has 0 saturated carbocycles. The van der Waals surface area contributed by atoms with E-state index in [1.165, 1.54) is 0 Å². The van der Waals surface area contributed by atoms with Crippen molar-refractivity contribution in [2.75, 3.05) is 13.2 Å². The van der Waals surface area contributed by atoms with E-state index >= 15 is 0 Å². The highest BCUT2D eigenvalue weighted by Crippen LogP contribution is 2.15. The van der Waals surface area contributed by atoms with Crippen molar-refractivity contribution < 1.29 is 9.47 Å². The zero-order valence-corrected chi connectivity index (χ0v) is 8.95. The first-order valence-electron chi connectivity index (χ1n) is 5.58. The van der Waals surface area contributed by atoms with Crippen LogP contribution in [0.1, 0.15) is 26.7 Å². The van der Waals surface area contributed by atoms with Gasteiger partial charge < -0.3 is 9.47 Å². The normalized spacial score (nSPS) is 43.3. The maximum absolute atomic E-state index is 5.63. The molecule has 14 heavy (non-hydrogen) atoms. The average molecular weight is 200 g/mol. The van der Waals surface area contributed by atoms with Crippen LogP contribution in [0.5, 0.6) is 0 Å². The summed E-state index contributed by atoms with van der Waals surface area (Å²) in [4.78, 5) is 0. The van der Waals surface area contributed by atoms with Crippen LogP contribution in [0.2, 0.25) is 0 Å². The summed E-state index contributed by atoms with van der Waals surface area (Å²) in [5, 5.41) is 6.83. The molecule has 4 nitrogen and oxygen atoms in total. The summed E-state index contributed by atoms with van der Waals surface area (Å²) in [5.74, 6) is 0. The molecule has 2 fully saturated rings. The van der Waals surface area contributed by atoms with Crippen molar-refractivity contribution in [2.45, 2.75) is 51.2 Å². The topological polar surface area (TPSA) is 42.5 Å². The van der Waals surface area contributed by atoms with E-state index in [2.05, 4.69) is 24.5 Å². The molecular weight excluding hydrogens is 180 g/mol. The van der Waals surface area contributed by atoms with Crippen molar-refractivity contribution in [1.29, 1.82) is 0 Å². The van der Waals surface area contributed by atoms with Crippen LogP contribution < -0.4 is 10.6 Å². The molecular formula is C10H20N2O2. The average Bonchev–Trinajstić information content (AvgIpc) is 2.86. The number of ether oxygens (including phenoxy) is 2. The summed E-state index contributed by atoms with van der Waals surface area (Å²) < 4.78 is 11.3. The zero-order chi connectivity index (χ0) is 9.97. The third-order valence-corrected chi connectivity index (χ3v) is 3.01. The molecule has 4 heteroatoms. The molecule has 2 heterocycles. The van der Waals surface area contributed by atoms with Crippen LogP contribution in [0.4, 0.5) is 0 Å². The molecule has 0 aromatic rings. The molecule has 0 bridgehead atoms. The smallest absolute Gasteiger partial charge is 0.148 e. The maximum Gasteiger partial charge on any atom is 0.148 e. The molecule has 2 saturated heterocycles. The zero-order valence-electron chi connectivity index (χ0n) is 8.95. The Hall–Kier alpha value is -0.160. The minimum Gasteiger partial charge on any atom is -0.357 e. The number of hydrogen-bond donors (Lipinski definition) is 2. The van der Waals surface area contributed by atoms with Gasteiger partial charge in [0.2, 0.25) is 0 Å². The lowest BCUT2D eigenvalue weighted by Gasteiger charge is -2.18. The predicted molar refractivity (Wildman–Crippen MR) is 53.9 cm³/mol. The first kappa shape index (κ1) is 10.4. The Kier molecular flexibility index (Phi) is 3.38. The molecule has 0 aliphatic carbocycles. The van der Waals surface area contributed by atoms with Gasteiger partial charge in [0, 0.05) is 12.1 Å². The van der Waals surface area contributed by atoms with E-state index in [9.17, 15) is 0 Å². The number of rotatable bonds is 3. The number of nitrogens with one attached hydrogen (secondary N) is 2. The van der Waals surface area contributed by atoms with Crippen LogP contribution in [0.3, 0.4) is 0 Å². The standard InChI is InChI=1S/C10H20N2O2/c1-3-7-5-13-9(11-7)10-12-8(4-2)6-14-10/h7-12H,3-6H2,1-2H3. The van der Waals surface area contributed by atoms with Crippen LogP contribution in [-0.2, 0) is 9.47 Å².